The third-order valence-electron chi connectivity index (χ3n) is 3.60. The number of hydrogen-bond acceptors (Lipinski definition) is 3. The molecule has 1 N–H and O–H groups in total. The minimum Gasteiger partial charge on any atom is -0.386 e. The van der Waals surface area contributed by atoms with Crippen LogP contribution in [0.25, 0.3) is 0 Å². The molecule has 19 heavy (non-hydrogen) atoms. The van der Waals surface area contributed by atoms with E-state index in [-0.39, 0.29) is 11.0 Å². The summed E-state index contributed by atoms with van der Waals surface area (Å²) in [6.45, 7) is 14.4. The van der Waals surface area contributed by atoms with Crippen molar-refractivity contribution >= 4 is 12.0 Å². The van der Waals surface area contributed by atoms with E-state index in [4.69, 9.17) is 4.18 Å². The molecule has 0 saturated heterocycles. The van der Waals surface area contributed by atoms with Gasteiger partial charge in [0.2, 0.25) is 0 Å². The Morgan fingerprint density at radius 1 is 1.11 bits per heavy atom. The monoisotopic (exact) mass is 280 g/mol. The molecule has 2 rings (SSSR count). The van der Waals surface area contributed by atoms with Crippen molar-refractivity contribution in [2.45, 2.75) is 70.0 Å². The average molecular weight is 280 g/mol. The van der Waals surface area contributed by atoms with Crippen LogP contribution >= 0.6 is 12.0 Å². The lowest BCUT2D eigenvalue weighted by Gasteiger charge is -2.27. The first-order chi connectivity index (χ1) is 8.43. The predicted molar refractivity (Wildman–Crippen MR) is 80.4 cm³/mol. The molecule has 0 atom stereocenters. The van der Waals surface area contributed by atoms with Gasteiger partial charge in [-0.05, 0) is 44.2 Å². The maximum Gasteiger partial charge on any atom is 0.104 e. The Morgan fingerprint density at radius 2 is 1.68 bits per heavy atom. The number of rotatable bonds is 1. The van der Waals surface area contributed by atoms with E-state index in [1.54, 1.807) is 0 Å². The summed E-state index contributed by atoms with van der Waals surface area (Å²) < 4.78 is 5.82. The molecule has 3 heteroatoms. The molecule has 0 unspecified atom stereocenters. The largest absolute Gasteiger partial charge is 0.386 e. The lowest BCUT2D eigenvalue weighted by Crippen LogP contribution is -2.22. The van der Waals surface area contributed by atoms with E-state index >= 15 is 0 Å². The number of hydrogen-bond donors (Lipinski definition) is 1. The van der Waals surface area contributed by atoms with Crippen LogP contribution in [0.4, 0.5) is 0 Å². The highest BCUT2D eigenvalue weighted by Crippen LogP contribution is 2.50. The number of aliphatic hydroxyl groups is 1. The van der Waals surface area contributed by atoms with Gasteiger partial charge in [-0.3, -0.25) is 4.18 Å². The summed E-state index contributed by atoms with van der Waals surface area (Å²) in [5.41, 5.74) is 2.27. The van der Waals surface area contributed by atoms with E-state index in [0.717, 1.165) is 10.5 Å². The fraction of sp³-hybridized carbons (Fsp3) is 0.625. The first kappa shape index (κ1) is 14.9. The highest BCUT2D eigenvalue weighted by molar-refractivity contribution is 7.95. The third-order valence-corrected chi connectivity index (χ3v) is 4.70. The van der Waals surface area contributed by atoms with Crippen LogP contribution in [0.2, 0.25) is 0 Å². The molecule has 106 valence electrons. The van der Waals surface area contributed by atoms with Gasteiger partial charge in [0.05, 0.1) is 5.60 Å². The Bertz CT molecular complexity index is 505. The van der Waals surface area contributed by atoms with Gasteiger partial charge < -0.3 is 5.11 Å². The Morgan fingerprint density at radius 3 is 2.16 bits per heavy atom. The molecule has 0 aliphatic carbocycles. The van der Waals surface area contributed by atoms with E-state index in [0.29, 0.717) is 0 Å². The van der Waals surface area contributed by atoms with E-state index in [1.807, 2.05) is 13.8 Å². The average Bonchev–Trinajstić information content (AvgIpc) is 2.51. The summed E-state index contributed by atoms with van der Waals surface area (Å²) in [7, 11) is 0. The lowest BCUT2D eigenvalue weighted by atomic mass is 9.80. The van der Waals surface area contributed by atoms with Crippen molar-refractivity contribution < 1.29 is 9.29 Å². The summed E-state index contributed by atoms with van der Waals surface area (Å²) in [6.07, 6.45) is 0. The lowest BCUT2D eigenvalue weighted by molar-refractivity contribution is 0.0753. The molecule has 0 fully saturated rings. The summed E-state index contributed by atoms with van der Waals surface area (Å²) in [5.74, 6) is 0. The fourth-order valence-electron chi connectivity index (χ4n) is 2.24. The van der Waals surface area contributed by atoms with Crippen LogP contribution in [-0.2, 0) is 20.8 Å². The summed E-state index contributed by atoms with van der Waals surface area (Å²) in [6, 6.07) is 4.35. The van der Waals surface area contributed by atoms with E-state index in [1.165, 1.54) is 23.2 Å². The van der Waals surface area contributed by atoms with Crippen molar-refractivity contribution in [3.05, 3.63) is 28.8 Å². The van der Waals surface area contributed by atoms with Crippen molar-refractivity contribution in [1.29, 1.82) is 0 Å². The molecule has 1 aromatic carbocycles. The molecule has 0 radical (unpaired) electrons. The first-order valence-corrected chi connectivity index (χ1v) is 7.44. The molecular weight excluding hydrogens is 256 g/mol. The zero-order valence-corrected chi connectivity index (χ0v) is 13.7. The minimum atomic E-state index is -0.859. The van der Waals surface area contributed by atoms with Gasteiger partial charge in [0, 0.05) is 22.5 Å². The topological polar surface area (TPSA) is 29.5 Å². The molecule has 1 aromatic rings. The van der Waals surface area contributed by atoms with Crippen LogP contribution in [0.3, 0.4) is 0 Å². The molecule has 2 nitrogen and oxygen atoms in total. The normalized spacial score (nSPS) is 18.5. The maximum atomic E-state index is 10.4. The smallest absolute Gasteiger partial charge is 0.104 e. The van der Waals surface area contributed by atoms with E-state index in [9.17, 15) is 5.11 Å². The van der Waals surface area contributed by atoms with Gasteiger partial charge >= 0.3 is 0 Å². The highest BCUT2D eigenvalue weighted by Gasteiger charge is 2.38. The predicted octanol–water partition coefficient (Wildman–Crippen LogP) is 4.48. The molecule has 0 saturated carbocycles. The fourth-order valence-corrected chi connectivity index (χ4v) is 3.42. The van der Waals surface area contributed by atoms with Gasteiger partial charge in [-0.25, -0.2) is 0 Å². The Labute approximate surface area is 120 Å². The molecule has 1 aliphatic heterocycles. The first-order valence-electron chi connectivity index (χ1n) is 6.70. The van der Waals surface area contributed by atoms with E-state index in [2.05, 4.69) is 46.8 Å². The van der Waals surface area contributed by atoms with Gasteiger partial charge in [-0.1, -0.05) is 32.9 Å². The van der Waals surface area contributed by atoms with Crippen LogP contribution in [0.5, 0.6) is 0 Å². The SMILES string of the molecule is CC(C)(C)c1cc(C(C)(C)O)c2c(c1)C(C)(C)OS2. The Balaban J connectivity index is 2.73. The second-order valence-corrected chi connectivity index (χ2v) is 8.13. The Kier molecular flexibility index (Phi) is 3.32. The van der Waals surface area contributed by atoms with Gasteiger partial charge in [-0.15, -0.1) is 0 Å². The van der Waals surface area contributed by atoms with E-state index < -0.39 is 5.60 Å². The van der Waals surface area contributed by atoms with Crippen LogP contribution in [-0.4, -0.2) is 5.11 Å². The van der Waals surface area contributed by atoms with Crippen molar-refractivity contribution in [1.82, 2.24) is 0 Å². The van der Waals surface area contributed by atoms with Gasteiger partial charge in [0.25, 0.3) is 0 Å². The molecule has 1 heterocycles. The van der Waals surface area contributed by atoms with Crippen molar-refractivity contribution in [2.24, 2.45) is 0 Å². The summed E-state index contributed by atoms with van der Waals surface area (Å²) >= 11 is 1.39. The zero-order chi connectivity index (χ0) is 14.6. The molecule has 0 bridgehead atoms. The van der Waals surface area contributed by atoms with Crippen LogP contribution in [0.15, 0.2) is 17.0 Å². The van der Waals surface area contributed by atoms with Gasteiger partial charge in [-0.2, -0.15) is 0 Å². The van der Waals surface area contributed by atoms with Crippen LogP contribution in [0, 0.1) is 0 Å². The molecular formula is C16H24O2S. The van der Waals surface area contributed by atoms with Gasteiger partial charge in [0.15, 0.2) is 0 Å². The van der Waals surface area contributed by atoms with Gasteiger partial charge in [0.1, 0.15) is 5.60 Å². The maximum absolute atomic E-state index is 10.4. The Hall–Kier alpha value is -0.510. The second-order valence-electron chi connectivity index (χ2n) is 7.39. The highest BCUT2D eigenvalue weighted by atomic mass is 32.2. The van der Waals surface area contributed by atoms with Crippen LogP contribution in [0.1, 0.15) is 65.2 Å². The molecule has 1 aliphatic rings. The summed E-state index contributed by atoms with van der Waals surface area (Å²) in [5, 5.41) is 10.4. The second kappa shape index (κ2) is 4.24. The molecule has 0 aromatic heterocycles. The van der Waals surface area contributed by atoms with Crippen molar-refractivity contribution in [3.63, 3.8) is 0 Å². The van der Waals surface area contributed by atoms with Crippen LogP contribution < -0.4 is 0 Å². The summed E-state index contributed by atoms with van der Waals surface area (Å²) in [4.78, 5) is 1.07. The number of benzene rings is 1. The number of fused-ring (bicyclic) bond motifs is 1. The molecule has 0 spiro atoms. The standard InChI is InChI=1S/C16H24O2S/c1-14(2,3)10-8-11(15(4,5)17)13-12(9-10)16(6,7)18-19-13/h8-9,17H,1-7H3. The zero-order valence-electron chi connectivity index (χ0n) is 12.9. The minimum absolute atomic E-state index is 0.0539. The quantitative estimate of drug-likeness (QED) is 0.769. The third kappa shape index (κ3) is 2.69. The molecule has 0 amide bonds. The van der Waals surface area contributed by atoms with Crippen molar-refractivity contribution in [2.75, 3.05) is 0 Å². The van der Waals surface area contributed by atoms with Crippen molar-refractivity contribution in [3.8, 4) is 0 Å².